The summed E-state index contributed by atoms with van der Waals surface area (Å²) in [6.45, 7) is 6.46. The summed E-state index contributed by atoms with van der Waals surface area (Å²) < 4.78 is 40.0. The number of nitrogens with zero attached hydrogens (tertiary/aromatic N) is 3. The van der Waals surface area contributed by atoms with Crippen molar-refractivity contribution in [2.45, 2.75) is 102 Å². The molecule has 7 unspecified atom stereocenters. The Morgan fingerprint density at radius 1 is 0.946 bits per heavy atom. The molecule has 0 bridgehead atoms. The molecular formula is C27H48F3N7. The Hall–Kier alpha value is -1.10. The van der Waals surface area contributed by atoms with Crippen LogP contribution in [0.25, 0.3) is 0 Å². The third kappa shape index (κ3) is 5.37. The molecule has 0 spiro atoms. The highest BCUT2D eigenvalue weighted by atomic mass is 19.4. The first-order valence-electron chi connectivity index (χ1n) is 14.7. The molecule has 0 aromatic heterocycles. The van der Waals surface area contributed by atoms with Gasteiger partial charge in [0.15, 0.2) is 5.96 Å². The van der Waals surface area contributed by atoms with E-state index in [4.69, 9.17) is 5.41 Å². The van der Waals surface area contributed by atoms with Crippen molar-refractivity contribution in [2.75, 3.05) is 33.7 Å². The highest BCUT2D eigenvalue weighted by molar-refractivity contribution is 5.80. The summed E-state index contributed by atoms with van der Waals surface area (Å²) in [4.78, 5) is 5.91. The van der Waals surface area contributed by atoms with Gasteiger partial charge in [0, 0.05) is 26.7 Å². The maximum absolute atomic E-state index is 13.3. The van der Waals surface area contributed by atoms with Gasteiger partial charge >= 0.3 is 6.18 Å². The molecule has 3 heterocycles. The van der Waals surface area contributed by atoms with Crippen LogP contribution in [-0.4, -0.2) is 91.1 Å². The van der Waals surface area contributed by atoms with Gasteiger partial charge in [-0.15, -0.1) is 0 Å². The summed E-state index contributed by atoms with van der Waals surface area (Å²) >= 11 is 0. The molecular weight excluding hydrogens is 479 g/mol. The zero-order valence-corrected chi connectivity index (χ0v) is 23.0. The van der Waals surface area contributed by atoms with Crippen LogP contribution in [0.4, 0.5) is 13.2 Å². The van der Waals surface area contributed by atoms with E-state index in [9.17, 15) is 13.2 Å². The summed E-state index contributed by atoms with van der Waals surface area (Å²) in [5, 5.41) is 19.8. The van der Waals surface area contributed by atoms with Crippen LogP contribution in [0.15, 0.2) is 0 Å². The molecule has 0 radical (unpaired) electrons. The largest absolute Gasteiger partial charge is 0.405 e. The Morgan fingerprint density at radius 3 is 2.30 bits per heavy atom. The van der Waals surface area contributed by atoms with Crippen LogP contribution in [0.2, 0.25) is 0 Å². The highest BCUT2D eigenvalue weighted by Crippen LogP contribution is 2.40. The average Bonchev–Trinajstić information content (AvgIpc) is 3.37. The van der Waals surface area contributed by atoms with Crippen LogP contribution >= 0.6 is 0 Å². The Balaban J connectivity index is 1.19. The Morgan fingerprint density at radius 2 is 1.65 bits per heavy atom. The van der Waals surface area contributed by atoms with Crippen LogP contribution in [0, 0.1) is 35.0 Å². The fourth-order valence-electron chi connectivity index (χ4n) is 8.28. The summed E-state index contributed by atoms with van der Waals surface area (Å²) in [6, 6.07) is -1.14. The Labute approximate surface area is 220 Å². The maximum Gasteiger partial charge on any atom is 0.405 e. The predicted molar refractivity (Wildman–Crippen MR) is 140 cm³/mol. The van der Waals surface area contributed by atoms with E-state index in [0.29, 0.717) is 23.7 Å². The quantitative estimate of drug-likeness (QED) is 0.439. The molecule has 0 aromatic carbocycles. The van der Waals surface area contributed by atoms with Crippen molar-refractivity contribution in [2.24, 2.45) is 29.6 Å². The van der Waals surface area contributed by atoms with E-state index < -0.39 is 12.2 Å². The molecule has 5 aliphatic rings. The normalized spacial score (nSPS) is 42.1. The van der Waals surface area contributed by atoms with Crippen LogP contribution in [0.3, 0.4) is 0 Å². The van der Waals surface area contributed by atoms with Crippen molar-refractivity contribution < 1.29 is 13.2 Å². The van der Waals surface area contributed by atoms with Crippen molar-refractivity contribution in [3.63, 3.8) is 0 Å². The third-order valence-electron chi connectivity index (χ3n) is 10.5. The Kier molecular flexibility index (Phi) is 8.03. The molecule has 0 aromatic rings. The van der Waals surface area contributed by atoms with Crippen molar-refractivity contribution in [3.8, 4) is 0 Å². The van der Waals surface area contributed by atoms with Gasteiger partial charge < -0.3 is 9.80 Å². The van der Waals surface area contributed by atoms with E-state index >= 15 is 0 Å². The van der Waals surface area contributed by atoms with E-state index in [1.165, 1.54) is 30.6 Å². The smallest absolute Gasteiger partial charge is 0.338 e. The lowest BCUT2D eigenvalue weighted by Gasteiger charge is -2.46. The van der Waals surface area contributed by atoms with Crippen LogP contribution in [-0.2, 0) is 0 Å². The van der Waals surface area contributed by atoms with Crippen LogP contribution in [0.5, 0.6) is 0 Å². The van der Waals surface area contributed by atoms with Gasteiger partial charge in [-0.1, -0.05) is 26.7 Å². The number of fused-ring (bicyclic) bond motifs is 1. The molecule has 2 saturated carbocycles. The first kappa shape index (κ1) is 27.5. The lowest BCUT2D eigenvalue weighted by molar-refractivity contribution is -0.174. The molecule has 5 rings (SSSR count). The van der Waals surface area contributed by atoms with Gasteiger partial charge in [0.05, 0.1) is 18.4 Å². The average molecular weight is 528 g/mol. The van der Waals surface area contributed by atoms with Gasteiger partial charge in [0.1, 0.15) is 12.2 Å². The molecule has 0 amide bonds. The summed E-state index contributed by atoms with van der Waals surface area (Å²) in [5.74, 6) is 3.37. The SMILES string of the molecule is CC(C)C1CCCCC1C1NCC2C(N1)N(CC1CCC(C3NCC(C(F)(F)F)N3C)CC1)C(=N)N2C. The number of rotatable bonds is 5. The van der Waals surface area contributed by atoms with E-state index in [1.807, 2.05) is 7.05 Å². The summed E-state index contributed by atoms with van der Waals surface area (Å²) in [5.41, 5.74) is 0. The lowest BCUT2D eigenvalue weighted by atomic mass is 9.71. The molecule has 4 N–H and O–H groups in total. The second-order valence-corrected chi connectivity index (χ2v) is 12.9. The molecule has 7 nitrogen and oxygen atoms in total. The first-order valence-corrected chi connectivity index (χ1v) is 14.7. The first-order chi connectivity index (χ1) is 17.6. The van der Waals surface area contributed by atoms with Gasteiger partial charge in [-0.05, 0) is 75.2 Å². The number of alkyl halides is 3. The monoisotopic (exact) mass is 527 g/mol. The second kappa shape index (κ2) is 10.8. The lowest BCUT2D eigenvalue weighted by Crippen LogP contribution is -2.67. The molecule has 7 atom stereocenters. The molecule has 10 heteroatoms. The molecule has 37 heavy (non-hydrogen) atoms. The summed E-state index contributed by atoms with van der Waals surface area (Å²) in [7, 11) is 3.66. The number of guanidine groups is 1. The standard InChI is InChI=1S/C27H48F3N7/c1-16(2)19-7-5-6-8-20(19)23-32-13-21-25(34-23)37(26(31)35(21)3)15-17-9-11-18(12-10-17)24-33-14-22(36(24)4)27(28,29)30/h16-25,31-34H,5-15H2,1-4H3. The minimum atomic E-state index is -4.18. The van der Waals surface area contributed by atoms with Gasteiger partial charge in [-0.3, -0.25) is 26.3 Å². The van der Waals surface area contributed by atoms with Crippen LogP contribution in [0.1, 0.15) is 65.2 Å². The number of hydrogen-bond donors (Lipinski definition) is 4. The van der Waals surface area contributed by atoms with Crippen molar-refractivity contribution in [1.82, 2.24) is 30.7 Å². The number of halogens is 3. The van der Waals surface area contributed by atoms with E-state index in [2.05, 4.69) is 39.6 Å². The third-order valence-corrected chi connectivity index (χ3v) is 10.5. The van der Waals surface area contributed by atoms with Gasteiger partial charge in [-0.2, -0.15) is 13.2 Å². The summed E-state index contributed by atoms with van der Waals surface area (Å²) in [6.07, 6.45) is 5.19. The number of likely N-dealkylation sites (N-methyl/N-ethyl adjacent to an activating group) is 2. The van der Waals surface area contributed by atoms with Crippen molar-refractivity contribution in [3.05, 3.63) is 0 Å². The maximum atomic E-state index is 13.3. The molecule has 3 aliphatic heterocycles. The topological polar surface area (TPSA) is 69.7 Å². The second-order valence-electron chi connectivity index (χ2n) is 12.9. The molecule has 3 saturated heterocycles. The fourth-order valence-corrected chi connectivity index (χ4v) is 8.28. The predicted octanol–water partition coefficient (Wildman–Crippen LogP) is 3.44. The van der Waals surface area contributed by atoms with E-state index in [-0.39, 0.29) is 37.0 Å². The zero-order valence-electron chi connectivity index (χ0n) is 23.0. The minimum Gasteiger partial charge on any atom is -0.338 e. The zero-order chi connectivity index (χ0) is 26.5. The molecule has 2 aliphatic carbocycles. The van der Waals surface area contributed by atoms with Crippen molar-refractivity contribution in [1.29, 1.82) is 5.41 Å². The Bertz CT molecular complexity index is 799. The van der Waals surface area contributed by atoms with E-state index in [1.54, 1.807) is 7.05 Å². The number of nitrogens with one attached hydrogen (secondary N) is 4. The van der Waals surface area contributed by atoms with Gasteiger partial charge in [0.2, 0.25) is 0 Å². The van der Waals surface area contributed by atoms with Gasteiger partial charge in [-0.25, -0.2) is 0 Å². The fraction of sp³-hybridized carbons (Fsp3) is 0.963. The minimum absolute atomic E-state index is 0.00945. The van der Waals surface area contributed by atoms with Crippen molar-refractivity contribution >= 4 is 5.96 Å². The van der Waals surface area contributed by atoms with Gasteiger partial charge in [0.25, 0.3) is 0 Å². The van der Waals surface area contributed by atoms with Crippen LogP contribution < -0.4 is 16.0 Å². The number of hydrogen-bond acceptors (Lipinski definition) is 5. The molecule has 212 valence electrons. The highest BCUT2D eigenvalue weighted by Gasteiger charge is 2.51. The van der Waals surface area contributed by atoms with E-state index in [0.717, 1.165) is 44.7 Å². The molecule has 5 fully saturated rings.